The maximum Gasteiger partial charge on any atom is 0.133 e. The Morgan fingerprint density at radius 3 is 1.75 bits per heavy atom. The molecule has 2 N–H and O–H groups in total. The van der Waals surface area contributed by atoms with Crippen LogP contribution in [-0.4, -0.2) is 8.96 Å². The lowest BCUT2D eigenvalue weighted by atomic mass is 9.69. The summed E-state index contributed by atoms with van der Waals surface area (Å²) in [4.78, 5) is 0. The maximum absolute atomic E-state index is 13.8. The first-order valence-electron chi connectivity index (χ1n) is 11.0. The average molecular weight is 409 g/mol. The van der Waals surface area contributed by atoms with Crippen molar-refractivity contribution in [1.82, 2.24) is 0 Å². The number of hydrogen-bond donors (Lipinski definition) is 2. The summed E-state index contributed by atoms with van der Waals surface area (Å²) in [6.07, 6.45) is 4.43. The van der Waals surface area contributed by atoms with E-state index < -0.39 is 14.7 Å². The summed E-state index contributed by atoms with van der Waals surface area (Å²) >= 11 is 0. The minimum atomic E-state index is -3.03. The van der Waals surface area contributed by atoms with E-state index in [9.17, 15) is 4.21 Å². The van der Waals surface area contributed by atoms with Gasteiger partial charge in [0.15, 0.2) is 0 Å². The molecule has 0 saturated carbocycles. The van der Waals surface area contributed by atoms with Crippen LogP contribution in [0.15, 0.2) is 24.3 Å². The summed E-state index contributed by atoms with van der Waals surface area (Å²) in [5.74, 6) is 0.475. The molecule has 3 nitrogen and oxygen atoms in total. The van der Waals surface area contributed by atoms with Crippen molar-refractivity contribution in [1.29, 1.82) is 4.78 Å². The molecule has 2 unspecified atom stereocenters. The highest BCUT2D eigenvalue weighted by Gasteiger charge is 2.50. The van der Waals surface area contributed by atoms with Crippen LogP contribution in [0.1, 0.15) is 106 Å². The van der Waals surface area contributed by atoms with Gasteiger partial charge in [-0.15, -0.1) is 0 Å². The number of rotatable bonds is 10. The van der Waals surface area contributed by atoms with Gasteiger partial charge in [-0.1, -0.05) is 74.4 Å². The molecule has 0 bridgehead atoms. The molecule has 0 aliphatic carbocycles. The molecular formula is C24H44N2OS. The second-order valence-electron chi connectivity index (χ2n) is 9.92. The third-order valence-corrected chi connectivity index (χ3v) is 9.71. The predicted molar refractivity (Wildman–Crippen MR) is 125 cm³/mol. The highest BCUT2D eigenvalue weighted by atomic mass is 32.2. The second-order valence-corrected chi connectivity index (χ2v) is 12.0. The van der Waals surface area contributed by atoms with E-state index in [1.807, 2.05) is 12.1 Å². The molecule has 0 fully saturated rings. The van der Waals surface area contributed by atoms with Crippen molar-refractivity contribution in [2.24, 2.45) is 10.8 Å². The number of nitrogens with one attached hydrogen (secondary N) is 2. The highest BCUT2D eigenvalue weighted by molar-refractivity contribution is 7.95. The van der Waals surface area contributed by atoms with E-state index in [4.69, 9.17) is 4.78 Å². The van der Waals surface area contributed by atoms with E-state index in [0.717, 1.165) is 37.8 Å². The Balaban J connectivity index is 3.17. The quantitative estimate of drug-likeness (QED) is 0.405. The van der Waals surface area contributed by atoms with Crippen molar-refractivity contribution in [3.63, 3.8) is 0 Å². The number of benzene rings is 1. The van der Waals surface area contributed by atoms with Crippen LogP contribution < -0.4 is 4.72 Å². The van der Waals surface area contributed by atoms with Crippen molar-refractivity contribution in [2.75, 3.05) is 4.72 Å². The molecule has 0 saturated heterocycles. The Morgan fingerprint density at radius 2 is 1.39 bits per heavy atom. The van der Waals surface area contributed by atoms with Crippen LogP contribution >= 0.6 is 0 Å². The summed E-state index contributed by atoms with van der Waals surface area (Å²) in [6, 6.07) is 8.22. The summed E-state index contributed by atoms with van der Waals surface area (Å²) in [6.45, 7) is 19.7. The van der Waals surface area contributed by atoms with Gasteiger partial charge in [-0.2, -0.15) is 0 Å². The number of anilines is 1. The second kappa shape index (κ2) is 9.19. The third-order valence-electron chi connectivity index (χ3n) is 7.01. The van der Waals surface area contributed by atoms with E-state index in [0.29, 0.717) is 11.3 Å². The molecule has 0 aromatic heterocycles. The molecule has 0 heterocycles. The monoisotopic (exact) mass is 408 g/mol. The largest absolute Gasteiger partial charge is 0.299 e. The molecule has 0 radical (unpaired) electrons. The molecule has 0 spiro atoms. The number of hydrogen-bond acceptors (Lipinski definition) is 2. The molecule has 1 aromatic carbocycles. The third kappa shape index (κ3) is 5.11. The lowest BCUT2D eigenvalue weighted by molar-refractivity contribution is 0.184. The predicted octanol–water partition coefficient (Wildman–Crippen LogP) is 7.99. The molecule has 162 valence electrons. The van der Waals surface area contributed by atoms with Crippen molar-refractivity contribution in [2.45, 2.75) is 105 Å². The van der Waals surface area contributed by atoms with Gasteiger partial charge in [-0.25, -0.2) is 8.99 Å². The standard InChI is InChI=1S/C24H44N2OS/c1-10-23(9,11-2)24(12-3,13-4)28(25,27)26-21-16-14-20(15-17-21)19(5)18-22(6,7)8/h14-17,19H,10-13,18H2,1-9H3,(H2,25,26,27). The summed E-state index contributed by atoms with van der Waals surface area (Å²) in [7, 11) is -3.03. The van der Waals surface area contributed by atoms with Crippen LogP contribution in [-0.2, 0) is 9.92 Å². The van der Waals surface area contributed by atoms with E-state index in [1.54, 1.807) is 0 Å². The van der Waals surface area contributed by atoms with Gasteiger partial charge < -0.3 is 0 Å². The Kier molecular flexibility index (Phi) is 8.21. The van der Waals surface area contributed by atoms with Crippen molar-refractivity contribution < 1.29 is 4.21 Å². The molecule has 0 aliphatic heterocycles. The Morgan fingerprint density at radius 1 is 0.929 bits per heavy atom. The molecular weight excluding hydrogens is 364 g/mol. The molecule has 2 atom stereocenters. The van der Waals surface area contributed by atoms with Crippen molar-refractivity contribution in [3.05, 3.63) is 29.8 Å². The van der Waals surface area contributed by atoms with Gasteiger partial charge in [-0.3, -0.25) is 4.72 Å². The molecule has 0 amide bonds. The van der Waals surface area contributed by atoms with Crippen molar-refractivity contribution in [3.8, 4) is 0 Å². The van der Waals surface area contributed by atoms with Gasteiger partial charge in [0.2, 0.25) is 0 Å². The van der Waals surface area contributed by atoms with Crippen LogP contribution in [0, 0.1) is 15.6 Å². The Bertz CT molecular complexity index is 706. The zero-order chi connectivity index (χ0) is 21.8. The minimum absolute atomic E-state index is 0.135. The van der Waals surface area contributed by atoms with Crippen LogP contribution in [0.25, 0.3) is 0 Å². The topological polar surface area (TPSA) is 53.0 Å². The molecule has 1 aromatic rings. The smallest absolute Gasteiger partial charge is 0.133 e. The van der Waals surface area contributed by atoms with Crippen LogP contribution in [0.5, 0.6) is 0 Å². The van der Waals surface area contributed by atoms with Crippen LogP contribution in [0.2, 0.25) is 0 Å². The minimum Gasteiger partial charge on any atom is -0.299 e. The van der Waals surface area contributed by atoms with E-state index in [1.165, 1.54) is 5.56 Å². The summed E-state index contributed by atoms with van der Waals surface area (Å²) in [5, 5.41) is 0. The maximum atomic E-state index is 13.8. The molecule has 4 heteroatoms. The van der Waals surface area contributed by atoms with Gasteiger partial charge in [0, 0.05) is 5.69 Å². The van der Waals surface area contributed by atoms with E-state index >= 15 is 0 Å². The van der Waals surface area contributed by atoms with Gasteiger partial charge >= 0.3 is 0 Å². The SMILES string of the molecule is CCC(C)(CC)C(CC)(CC)S(=N)(=O)Nc1ccc(C(C)CC(C)(C)C)cc1. The molecule has 1 rings (SSSR count). The van der Waals surface area contributed by atoms with Gasteiger partial charge in [0.1, 0.15) is 9.92 Å². The van der Waals surface area contributed by atoms with Crippen LogP contribution in [0.4, 0.5) is 5.69 Å². The van der Waals surface area contributed by atoms with Gasteiger partial charge in [0.05, 0.1) is 4.75 Å². The fourth-order valence-corrected chi connectivity index (χ4v) is 7.39. The van der Waals surface area contributed by atoms with E-state index in [2.05, 4.69) is 79.2 Å². The van der Waals surface area contributed by atoms with Crippen LogP contribution in [0.3, 0.4) is 0 Å². The summed E-state index contributed by atoms with van der Waals surface area (Å²) in [5.41, 5.74) is 2.23. The highest BCUT2D eigenvalue weighted by Crippen LogP contribution is 2.48. The lowest BCUT2D eigenvalue weighted by Crippen LogP contribution is -2.53. The Labute approximate surface area is 175 Å². The Hall–Kier alpha value is -1.03. The zero-order valence-corrected chi connectivity index (χ0v) is 20.6. The normalized spacial score (nSPS) is 16.5. The summed E-state index contributed by atoms with van der Waals surface area (Å²) < 4.78 is 25.3. The van der Waals surface area contributed by atoms with E-state index in [-0.39, 0.29) is 5.41 Å². The molecule has 28 heavy (non-hydrogen) atoms. The molecule has 0 aliphatic rings. The lowest BCUT2D eigenvalue weighted by Gasteiger charge is -2.48. The fraction of sp³-hybridized carbons (Fsp3) is 0.750. The average Bonchev–Trinajstić information content (AvgIpc) is 2.61. The van der Waals surface area contributed by atoms with Gasteiger partial charge in [0.25, 0.3) is 0 Å². The van der Waals surface area contributed by atoms with Gasteiger partial charge in [-0.05, 0) is 66.5 Å². The first-order valence-corrected chi connectivity index (χ1v) is 12.5. The fourth-order valence-electron chi connectivity index (χ4n) is 4.93. The first kappa shape index (κ1) is 25.0. The van der Waals surface area contributed by atoms with Crippen molar-refractivity contribution >= 4 is 15.6 Å². The first-order chi connectivity index (χ1) is 12.8. The zero-order valence-electron chi connectivity index (χ0n) is 19.7.